The molecule has 5 rings (SSSR count). The Labute approximate surface area is 235 Å². The van der Waals surface area contributed by atoms with Crippen LogP contribution in [0.1, 0.15) is 69.6 Å². The molecule has 0 saturated heterocycles. The third kappa shape index (κ3) is 5.32. The first-order valence-corrected chi connectivity index (χ1v) is 16.8. The van der Waals surface area contributed by atoms with Crippen molar-refractivity contribution in [1.29, 1.82) is 0 Å². The van der Waals surface area contributed by atoms with Crippen molar-refractivity contribution >= 4 is 65.5 Å². The summed E-state index contributed by atoms with van der Waals surface area (Å²) in [5.41, 5.74) is 2.27. The third-order valence-corrected chi connectivity index (χ3v) is 11.7. The van der Waals surface area contributed by atoms with Crippen molar-refractivity contribution in [2.24, 2.45) is 11.8 Å². The van der Waals surface area contributed by atoms with Gasteiger partial charge in [-0.3, -0.25) is 0 Å². The van der Waals surface area contributed by atoms with Crippen LogP contribution >= 0.6 is 45.3 Å². The maximum Gasteiger partial charge on any atom is 0.137 e. The van der Waals surface area contributed by atoms with Gasteiger partial charge in [-0.2, -0.15) is 0 Å². The van der Waals surface area contributed by atoms with E-state index in [0.29, 0.717) is 11.8 Å². The molecule has 6 heteroatoms. The van der Waals surface area contributed by atoms with Crippen LogP contribution in [-0.2, 0) is 12.8 Å². The molecule has 0 aliphatic rings. The Balaban J connectivity index is 1.61. The Bertz CT molecular complexity index is 1450. The Hall–Kier alpha value is -1.60. The van der Waals surface area contributed by atoms with E-state index in [4.69, 9.17) is 0 Å². The van der Waals surface area contributed by atoms with Gasteiger partial charge in [-0.05, 0) is 59.7 Å². The van der Waals surface area contributed by atoms with Crippen molar-refractivity contribution in [3.63, 3.8) is 0 Å². The standard InChI is InChI=1S/C31H34F2S4/c1-5-8-9-19(7-3)15-25-23(33)17-27(37-25)29-21-11-13-34-30(21)28(20-10-12-35-31(20)29)26-16-22(32)24(36-26)14-18(4)6-2/h10-13,16-19H,5-9,14-15H2,1-4H3. The number of rotatable bonds is 11. The van der Waals surface area contributed by atoms with E-state index in [2.05, 4.69) is 50.6 Å². The van der Waals surface area contributed by atoms with E-state index in [9.17, 15) is 0 Å². The van der Waals surface area contributed by atoms with Gasteiger partial charge < -0.3 is 0 Å². The quantitative estimate of drug-likeness (QED) is 0.148. The molecule has 0 amide bonds. The van der Waals surface area contributed by atoms with Crippen LogP contribution in [0.2, 0.25) is 0 Å². The Kier molecular flexibility index (Phi) is 8.49. The number of hydrogen-bond acceptors (Lipinski definition) is 4. The highest BCUT2D eigenvalue weighted by Gasteiger charge is 2.24. The van der Waals surface area contributed by atoms with Crippen LogP contribution in [0.15, 0.2) is 35.0 Å². The maximum atomic E-state index is 15.3. The summed E-state index contributed by atoms with van der Waals surface area (Å²) in [4.78, 5) is 3.73. The number of hydrogen-bond donors (Lipinski definition) is 0. The monoisotopic (exact) mass is 572 g/mol. The first kappa shape index (κ1) is 27.0. The van der Waals surface area contributed by atoms with Gasteiger partial charge in [0, 0.05) is 50.8 Å². The average molecular weight is 573 g/mol. The summed E-state index contributed by atoms with van der Waals surface area (Å²) in [6.45, 7) is 8.78. The molecule has 0 fully saturated rings. The predicted octanol–water partition coefficient (Wildman–Crippen LogP) is 12.2. The fraction of sp³-hybridized carbons (Fsp3) is 0.419. The molecule has 0 nitrogen and oxygen atoms in total. The van der Waals surface area contributed by atoms with Crippen LogP contribution < -0.4 is 0 Å². The lowest BCUT2D eigenvalue weighted by Gasteiger charge is -2.13. The lowest BCUT2D eigenvalue weighted by Crippen LogP contribution is -2.03. The van der Waals surface area contributed by atoms with Gasteiger partial charge in [-0.1, -0.05) is 59.8 Å². The number of unbranched alkanes of at least 4 members (excludes halogenated alkanes) is 1. The van der Waals surface area contributed by atoms with Crippen LogP contribution in [0.5, 0.6) is 0 Å². The summed E-state index contributed by atoms with van der Waals surface area (Å²) < 4.78 is 32.6. The molecular formula is C31H34F2S4. The van der Waals surface area contributed by atoms with E-state index in [-0.39, 0.29) is 11.6 Å². The number of thiophene rings is 4. The zero-order valence-electron chi connectivity index (χ0n) is 22.0. The molecule has 5 aromatic rings. The molecule has 4 aromatic heterocycles. The molecule has 2 unspecified atom stereocenters. The molecule has 0 radical (unpaired) electrons. The molecule has 0 aliphatic carbocycles. The molecule has 37 heavy (non-hydrogen) atoms. The molecule has 0 spiro atoms. The summed E-state index contributed by atoms with van der Waals surface area (Å²) >= 11 is 6.63. The van der Waals surface area contributed by atoms with Crippen molar-refractivity contribution in [3.05, 3.63) is 56.4 Å². The second kappa shape index (κ2) is 11.6. The van der Waals surface area contributed by atoms with Gasteiger partial charge in [0.15, 0.2) is 0 Å². The highest BCUT2D eigenvalue weighted by atomic mass is 32.1. The first-order valence-electron chi connectivity index (χ1n) is 13.4. The third-order valence-electron chi connectivity index (χ3n) is 7.58. The minimum Gasteiger partial charge on any atom is -0.206 e. The van der Waals surface area contributed by atoms with E-state index < -0.39 is 0 Å². The minimum absolute atomic E-state index is 0.0675. The zero-order valence-corrected chi connectivity index (χ0v) is 25.2. The van der Waals surface area contributed by atoms with Gasteiger partial charge in [0.2, 0.25) is 0 Å². The number of benzene rings is 1. The van der Waals surface area contributed by atoms with Crippen LogP contribution in [0, 0.1) is 23.5 Å². The molecule has 0 bridgehead atoms. The van der Waals surface area contributed by atoms with Gasteiger partial charge in [0.05, 0.1) is 0 Å². The van der Waals surface area contributed by atoms with Crippen molar-refractivity contribution in [2.45, 2.75) is 72.6 Å². The van der Waals surface area contributed by atoms with Crippen molar-refractivity contribution in [2.75, 3.05) is 0 Å². The number of fused-ring (bicyclic) bond motifs is 2. The molecule has 1 aromatic carbocycles. The van der Waals surface area contributed by atoms with Crippen LogP contribution in [0.25, 0.3) is 41.1 Å². The predicted molar refractivity (Wildman–Crippen MR) is 164 cm³/mol. The van der Waals surface area contributed by atoms with Gasteiger partial charge >= 0.3 is 0 Å². The van der Waals surface area contributed by atoms with Gasteiger partial charge in [-0.25, -0.2) is 8.78 Å². The highest BCUT2D eigenvalue weighted by molar-refractivity contribution is 7.22. The summed E-state index contributed by atoms with van der Waals surface area (Å²) in [6, 6.07) is 7.81. The molecule has 2 atom stereocenters. The van der Waals surface area contributed by atoms with Gasteiger partial charge in [0.25, 0.3) is 0 Å². The molecule has 196 valence electrons. The summed E-state index contributed by atoms with van der Waals surface area (Å²) in [7, 11) is 0. The normalized spacial score (nSPS) is 13.7. The van der Waals surface area contributed by atoms with E-state index >= 15 is 8.78 Å². The zero-order chi connectivity index (χ0) is 26.1. The Morgan fingerprint density at radius 3 is 1.78 bits per heavy atom. The lowest BCUT2D eigenvalue weighted by atomic mass is 9.95. The first-order chi connectivity index (χ1) is 17.9. The van der Waals surface area contributed by atoms with Gasteiger partial charge in [-0.15, -0.1) is 45.3 Å². The Morgan fingerprint density at radius 1 is 0.757 bits per heavy atom. The summed E-state index contributed by atoms with van der Waals surface area (Å²) in [6.07, 6.45) is 7.27. The highest BCUT2D eigenvalue weighted by Crippen LogP contribution is 2.50. The minimum atomic E-state index is -0.0871. The summed E-state index contributed by atoms with van der Waals surface area (Å²) in [5.74, 6) is 0.839. The van der Waals surface area contributed by atoms with Crippen LogP contribution in [-0.4, -0.2) is 0 Å². The fourth-order valence-electron chi connectivity index (χ4n) is 5.14. The van der Waals surface area contributed by atoms with E-state index in [1.807, 2.05) is 0 Å². The van der Waals surface area contributed by atoms with Crippen molar-refractivity contribution in [1.82, 2.24) is 0 Å². The summed E-state index contributed by atoms with van der Waals surface area (Å²) in [5, 5.41) is 6.54. The van der Waals surface area contributed by atoms with E-state index in [1.165, 1.54) is 22.2 Å². The van der Waals surface area contributed by atoms with Crippen LogP contribution in [0.3, 0.4) is 0 Å². The lowest BCUT2D eigenvalue weighted by molar-refractivity contribution is 0.444. The second-order valence-corrected chi connectivity index (χ2v) is 14.3. The van der Waals surface area contributed by atoms with E-state index in [1.54, 1.807) is 57.5 Å². The Morgan fingerprint density at radius 2 is 1.30 bits per heavy atom. The molecule has 0 saturated carbocycles. The largest absolute Gasteiger partial charge is 0.206 e. The fourth-order valence-corrected chi connectivity index (χ4v) is 9.70. The van der Waals surface area contributed by atoms with Crippen LogP contribution in [0.4, 0.5) is 8.78 Å². The van der Waals surface area contributed by atoms with E-state index in [0.717, 1.165) is 73.5 Å². The number of halogens is 2. The smallest absolute Gasteiger partial charge is 0.137 e. The molecule has 4 heterocycles. The topological polar surface area (TPSA) is 0 Å². The molecular weight excluding hydrogens is 539 g/mol. The molecule has 0 N–H and O–H groups in total. The molecule has 0 aliphatic heterocycles. The SMILES string of the molecule is CCCCC(CC)Cc1sc(-c2c3ccsc3c(-c3cc(F)c(CC(C)CC)s3)c3ccsc23)cc1F. The van der Waals surface area contributed by atoms with Crippen molar-refractivity contribution in [3.8, 4) is 20.9 Å². The maximum absolute atomic E-state index is 15.3. The second-order valence-electron chi connectivity index (χ2n) is 10.2. The van der Waals surface area contributed by atoms with Gasteiger partial charge in [0.1, 0.15) is 11.6 Å². The van der Waals surface area contributed by atoms with Crippen molar-refractivity contribution < 1.29 is 8.78 Å². The average Bonchev–Trinajstić information content (AvgIpc) is 3.68.